The molecular weight excluding hydrogens is 761 g/mol. The molecule has 1 aliphatic rings. The highest BCUT2D eigenvalue weighted by Gasteiger charge is 2.48. The number of benzene rings is 10. The van der Waals surface area contributed by atoms with Crippen molar-refractivity contribution in [2.45, 2.75) is 5.41 Å². The van der Waals surface area contributed by atoms with E-state index >= 15 is 0 Å². The van der Waals surface area contributed by atoms with E-state index in [0.717, 1.165) is 39.0 Å². The van der Waals surface area contributed by atoms with Crippen LogP contribution in [0.1, 0.15) is 22.3 Å². The first-order valence-corrected chi connectivity index (χ1v) is 21.7. The molecule has 0 N–H and O–H groups in total. The maximum Gasteiger partial charge on any atom is 0.160 e. The number of fused-ring (bicyclic) bond motifs is 6. The second-order valence-electron chi connectivity index (χ2n) is 16.4. The Labute approximate surface area is 367 Å². The summed E-state index contributed by atoms with van der Waals surface area (Å²) in [6.07, 6.45) is 0. The van der Waals surface area contributed by atoms with Gasteiger partial charge in [-0.05, 0) is 89.3 Å². The number of hydrogen-bond acceptors (Lipinski definition) is 2. The number of nitrogens with zero attached hydrogens (tertiary/aromatic N) is 2. The van der Waals surface area contributed by atoms with Gasteiger partial charge in [0.2, 0.25) is 0 Å². The standard InChI is InChI=1S/C61H40N2/c1-5-19-41(20-6-1)44-24-17-25-45(39-44)56-40-57(63-60(62-56)43-22-7-2-8-23-43)52-38-37-51(49-31-15-16-32-50(49)52)53-33-18-34-54-55-36-35-42-21-13-14-30-48(42)58(55)61(59(53)54,46-26-9-3-10-27-46)47-28-11-4-12-29-47/h1-40H. The van der Waals surface area contributed by atoms with Gasteiger partial charge < -0.3 is 0 Å². The van der Waals surface area contributed by atoms with E-state index in [1.807, 2.05) is 6.07 Å². The summed E-state index contributed by atoms with van der Waals surface area (Å²) in [6.45, 7) is 0. The van der Waals surface area contributed by atoms with Crippen molar-refractivity contribution < 1.29 is 0 Å². The highest BCUT2D eigenvalue weighted by atomic mass is 14.9. The van der Waals surface area contributed by atoms with Crippen LogP contribution in [0.5, 0.6) is 0 Å². The molecule has 1 heterocycles. The summed E-state index contributed by atoms with van der Waals surface area (Å²) in [6, 6.07) is 87.8. The van der Waals surface area contributed by atoms with E-state index < -0.39 is 5.41 Å². The summed E-state index contributed by atoms with van der Waals surface area (Å²) in [5.74, 6) is 0.697. The zero-order chi connectivity index (χ0) is 41.7. The molecule has 0 aliphatic heterocycles. The Hall–Kier alpha value is -8.20. The molecule has 63 heavy (non-hydrogen) atoms. The zero-order valence-electron chi connectivity index (χ0n) is 34.5. The van der Waals surface area contributed by atoms with Gasteiger partial charge >= 0.3 is 0 Å². The minimum Gasteiger partial charge on any atom is -0.228 e. The Morgan fingerprint density at radius 1 is 0.270 bits per heavy atom. The van der Waals surface area contributed by atoms with Gasteiger partial charge in [0.1, 0.15) is 0 Å². The van der Waals surface area contributed by atoms with Crippen LogP contribution in [0.25, 0.3) is 88.8 Å². The van der Waals surface area contributed by atoms with Crippen molar-refractivity contribution in [3.63, 3.8) is 0 Å². The summed E-state index contributed by atoms with van der Waals surface area (Å²) >= 11 is 0. The summed E-state index contributed by atoms with van der Waals surface area (Å²) in [4.78, 5) is 10.6. The molecule has 0 radical (unpaired) electrons. The van der Waals surface area contributed by atoms with Crippen LogP contribution < -0.4 is 0 Å². The van der Waals surface area contributed by atoms with Crippen molar-refractivity contribution in [2.24, 2.45) is 0 Å². The molecule has 0 fully saturated rings. The van der Waals surface area contributed by atoms with Gasteiger partial charge in [0.05, 0.1) is 16.8 Å². The monoisotopic (exact) mass is 800 g/mol. The average molecular weight is 801 g/mol. The van der Waals surface area contributed by atoms with Gasteiger partial charge in [-0.15, -0.1) is 0 Å². The molecule has 0 unspecified atom stereocenters. The Balaban J connectivity index is 1.11. The van der Waals surface area contributed by atoms with E-state index in [9.17, 15) is 0 Å². The van der Waals surface area contributed by atoms with Gasteiger partial charge in [0, 0.05) is 16.7 Å². The zero-order valence-corrected chi connectivity index (χ0v) is 34.5. The normalized spacial score (nSPS) is 12.6. The van der Waals surface area contributed by atoms with Crippen molar-refractivity contribution in [3.05, 3.63) is 265 Å². The number of hydrogen-bond donors (Lipinski definition) is 0. The van der Waals surface area contributed by atoms with E-state index in [-0.39, 0.29) is 0 Å². The molecule has 0 spiro atoms. The van der Waals surface area contributed by atoms with E-state index in [4.69, 9.17) is 9.97 Å². The average Bonchev–Trinajstić information content (AvgIpc) is 3.69. The lowest BCUT2D eigenvalue weighted by molar-refractivity contribution is 0.777. The maximum absolute atomic E-state index is 5.34. The van der Waals surface area contributed by atoms with Gasteiger partial charge in [-0.1, -0.05) is 231 Å². The third-order valence-electron chi connectivity index (χ3n) is 13.0. The summed E-state index contributed by atoms with van der Waals surface area (Å²) < 4.78 is 0. The van der Waals surface area contributed by atoms with Crippen LogP contribution >= 0.6 is 0 Å². The molecule has 1 aliphatic carbocycles. The molecule has 10 aromatic carbocycles. The van der Waals surface area contributed by atoms with Crippen molar-refractivity contribution in [3.8, 4) is 67.3 Å². The van der Waals surface area contributed by atoms with Gasteiger partial charge in [-0.2, -0.15) is 0 Å². The molecule has 0 bridgehead atoms. The van der Waals surface area contributed by atoms with Crippen molar-refractivity contribution >= 4 is 21.5 Å². The fraction of sp³-hybridized carbons (Fsp3) is 0.0164. The Kier molecular flexibility index (Phi) is 8.76. The number of aromatic nitrogens is 2. The number of rotatable bonds is 7. The van der Waals surface area contributed by atoms with Crippen LogP contribution in [0, 0.1) is 0 Å². The van der Waals surface area contributed by atoms with Gasteiger partial charge in [-0.25, -0.2) is 9.97 Å². The highest BCUT2D eigenvalue weighted by molar-refractivity contribution is 6.08. The summed E-state index contributed by atoms with van der Waals surface area (Å²) in [7, 11) is 0. The van der Waals surface area contributed by atoms with Crippen molar-refractivity contribution in [1.82, 2.24) is 9.97 Å². The highest BCUT2D eigenvalue weighted by Crippen LogP contribution is 2.60. The van der Waals surface area contributed by atoms with Crippen molar-refractivity contribution in [1.29, 1.82) is 0 Å². The topological polar surface area (TPSA) is 25.8 Å². The first kappa shape index (κ1) is 36.6. The predicted octanol–water partition coefficient (Wildman–Crippen LogP) is 15.5. The molecule has 294 valence electrons. The molecule has 2 nitrogen and oxygen atoms in total. The van der Waals surface area contributed by atoms with E-state index in [1.165, 1.54) is 66.2 Å². The second kappa shape index (κ2) is 15.1. The Morgan fingerprint density at radius 3 is 1.44 bits per heavy atom. The largest absolute Gasteiger partial charge is 0.228 e. The summed E-state index contributed by atoms with van der Waals surface area (Å²) in [5, 5.41) is 4.82. The van der Waals surface area contributed by atoms with E-state index in [1.54, 1.807) is 0 Å². The van der Waals surface area contributed by atoms with Crippen molar-refractivity contribution in [2.75, 3.05) is 0 Å². The van der Waals surface area contributed by atoms with Gasteiger partial charge in [-0.3, -0.25) is 0 Å². The molecule has 12 rings (SSSR count). The maximum atomic E-state index is 5.34. The fourth-order valence-corrected chi connectivity index (χ4v) is 10.2. The van der Waals surface area contributed by atoms with Gasteiger partial charge in [0.15, 0.2) is 5.82 Å². The van der Waals surface area contributed by atoms with Crippen LogP contribution in [0.3, 0.4) is 0 Å². The van der Waals surface area contributed by atoms with Crippen LogP contribution in [0.2, 0.25) is 0 Å². The molecule has 2 heteroatoms. The fourth-order valence-electron chi connectivity index (χ4n) is 10.2. The van der Waals surface area contributed by atoms with E-state index in [2.05, 4.69) is 237 Å². The lowest BCUT2D eigenvalue weighted by Crippen LogP contribution is -2.29. The lowest BCUT2D eigenvalue weighted by Gasteiger charge is -2.36. The SMILES string of the molecule is c1ccc(-c2cccc(-c3cc(-c4ccc(-c5cccc6c5C(c5ccccc5)(c5ccccc5)c5c-6ccc6ccccc56)c5ccccc45)nc(-c4ccccc4)n3)c2)cc1. The first-order valence-electron chi connectivity index (χ1n) is 21.7. The lowest BCUT2D eigenvalue weighted by atomic mass is 9.65. The van der Waals surface area contributed by atoms with Crippen LogP contribution in [-0.2, 0) is 5.41 Å². The minimum atomic E-state index is -0.592. The molecule has 0 saturated carbocycles. The molecular formula is C61H40N2. The van der Waals surface area contributed by atoms with E-state index in [0.29, 0.717) is 5.82 Å². The minimum absolute atomic E-state index is 0.592. The molecule has 0 amide bonds. The van der Waals surface area contributed by atoms with Gasteiger partial charge in [0.25, 0.3) is 0 Å². The van der Waals surface area contributed by atoms with Crippen LogP contribution in [0.4, 0.5) is 0 Å². The first-order chi connectivity index (χ1) is 31.3. The van der Waals surface area contributed by atoms with Crippen LogP contribution in [-0.4, -0.2) is 9.97 Å². The smallest absolute Gasteiger partial charge is 0.160 e. The molecule has 1 aromatic heterocycles. The molecule has 0 atom stereocenters. The predicted molar refractivity (Wildman–Crippen MR) is 262 cm³/mol. The third-order valence-corrected chi connectivity index (χ3v) is 13.0. The van der Waals surface area contributed by atoms with Crippen LogP contribution in [0.15, 0.2) is 243 Å². The summed E-state index contributed by atoms with van der Waals surface area (Å²) in [5.41, 5.74) is 16.7. The quantitative estimate of drug-likeness (QED) is 0.160. The second-order valence-corrected chi connectivity index (χ2v) is 16.4. The Bertz CT molecular complexity index is 3450. The third kappa shape index (κ3) is 5.95. The molecule has 11 aromatic rings. The molecule has 0 saturated heterocycles. The Morgan fingerprint density at radius 2 is 0.746 bits per heavy atom.